The summed E-state index contributed by atoms with van der Waals surface area (Å²) in [6.07, 6.45) is 0. The van der Waals surface area contributed by atoms with Crippen molar-refractivity contribution in [3.8, 4) is 0 Å². The molecule has 1 unspecified atom stereocenters. The largest absolute Gasteiger partial charge is 0.368 e. The third kappa shape index (κ3) is 3.97. The van der Waals surface area contributed by atoms with E-state index in [9.17, 15) is 14.4 Å². The van der Waals surface area contributed by atoms with Gasteiger partial charge in [-0.05, 0) is 43.2 Å². The summed E-state index contributed by atoms with van der Waals surface area (Å²) in [6, 6.07) is 14.5. The van der Waals surface area contributed by atoms with Crippen molar-refractivity contribution in [2.75, 3.05) is 37.6 Å². The topological polar surface area (TPSA) is 73.0 Å². The van der Waals surface area contributed by atoms with E-state index >= 15 is 0 Å². The maximum Gasteiger partial charge on any atom is 0.325 e. The summed E-state index contributed by atoms with van der Waals surface area (Å²) in [7, 11) is 0. The van der Waals surface area contributed by atoms with Crippen LogP contribution in [0.3, 0.4) is 0 Å². The molecule has 4 rings (SSSR count). The number of imide groups is 1. The molecule has 1 atom stereocenters. The lowest BCUT2D eigenvalue weighted by molar-refractivity contribution is -0.139. The third-order valence-corrected chi connectivity index (χ3v) is 6.29. The number of carbonyl (C=O) groups excluding carboxylic acids is 3. The van der Waals surface area contributed by atoms with Gasteiger partial charge >= 0.3 is 6.03 Å². The molecule has 4 amide bonds. The van der Waals surface area contributed by atoms with Crippen LogP contribution in [0.4, 0.5) is 10.5 Å². The average Bonchev–Trinajstić information content (AvgIpc) is 2.98. The molecular weight excluding hydrogens is 416 g/mol. The first-order chi connectivity index (χ1) is 14.8. The first-order valence-electron chi connectivity index (χ1n) is 10.3. The Balaban J connectivity index is 1.41. The van der Waals surface area contributed by atoms with Crippen molar-refractivity contribution in [2.45, 2.75) is 19.4 Å². The number of halogens is 1. The Morgan fingerprint density at radius 2 is 1.77 bits per heavy atom. The van der Waals surface area contributed by atoms with Crippen molar-refractivity contribution < 1.29 is 14.4 Å². The molecule has 1 N–H and O–H groups in total. The van der Waals surface area contributed by atoms with Crippen molar-refractivity contribution in [1.29, 1.82) is 0 Å². The van der Waals surface area contributed by atoms with E-state index in [2.05, 4.69) is 10.2 Å². The summed E-state index contributed by atoms with van der Waals surface area (Å²) in [5, 5.41) is 3.45. The highest BCUT2D eigenvalue weighted by Gasteiger charge is 2.50. The maximum absolute atomic E-state index is 13.1. The van der Waals surface area contributed by atoms with E-state index in [4.69, 9.17) is 11.6 Å². The number of piperazine rings is 1. The van der Waals surface area contributed by atoms with Crippen LogP contribution in [0, 0.1) is 6.92 Å². The number of aryl methyl sites for hydroxylation is 1. The zero-order chi connectivity index (χ0) is 22.2. The summed E-state index contributed by atoms with van der Waals surface area (Å²) in [4.78, 5) is 43.5. The maximum atomic E-state index is 13.1. The summed E-state index contributed by atoms with van der Waals surface area (Å²) < 4.78 is 0. The van der Waals surface area contributed by atoms with Gasteiger partial charge in [0, 0.05) is 36.9 Å². The van der Waals surface area contributed by atoms with Gasteiger partial charge in [0.2, 0.25) is 5.91 Å². The highest BCUT2D eigenvalue weighted by molar-refractivity contribution is 6.30. The van der Waals surface area contributed by atoms with Gasteiger partial charge in [0.15, 0.2) is 0 Å². The van der Waals surface area contributed by atoms with Gasteiger partial charge in [-0.3, -0.25) is 14.5 Å². The molecule has 0 spiro atoms. The van der Waals surface area contributed by atoms with Crippen LogP contribution in [0.1, 0.15) is 18.1 Å². The molecule has 0 aliphatic carbocycles. The lowest BCUT2D eigenvalue weighted by Crippen LogP contribution is -2.52. The minimum Gasteiger partial charge on any atom is -0.368 e. The number of amides is 4. The predicted octanol–water partition coefficient (Wildman–Crippen LogP) is 2.76. The lowest BCUT2D eigenvalue weighted by atomic mass is 9.88. The normalized spacial score (nSPS) is 21.5. The van der Waals surface area contributed by atoms with E-state index in [1.165, 1.54) is 0 Å². The molecular formula is C23H25ClN4O3. The first kappa shape index (κ1) is 21.2. The number of hydrogen-bond donors (Lipinski definition) is 1. The van der Waals surface area contributed by atoms with Gasteiger partial charge in [-0.15, -0.1) is 0 Å². The Labute approximate surface area is 186 Å². The zero-order valence-electron chi connectivity index (χ0n) is 17.6. The number of rotatable bonds is 4. The highest BCUT2D eigenvalue weighted by Crippen LogP contribution is 2.31. The molecule has 31 heavy (non-hydrogen) atoms. The van der Waals surface area contributed by atoms with Crippen molar-refractivity contribution in [2.24, 2.45) is 0 Å². The van der Waals surface area contributed by atoms with Crippen LogP contribution in [-0.2, 0) is 15.1 Å². The van der Waals surface area contributed by atoms with E-state index in [0.717, 1.165) is 21.7 Å². The quantitative estimate of drug-likeness (QED) is 0.742. The molecule has 0 radical (unpaired) electrons. The van der Waals surface area contributed by atoms with E-state index in [0.29, 0.717) is 31.2 Å². The second kappa shape index (κ2) is 8.23. The molecule has 8 heteroatoms. The average molecular weight is 441 g/mol. The van der Waals surface area contributed by atoms with Crippen LogP contribution < -0.4 is 10.2 Å². The third-order valence-electron chi connectivity index (χ3n) is 6.06. The number of nitrogens with one attached hydrogen (secondary N) is 1. The number of nitrogens with zero attached hydrogens (tertiary/aromatic N) is 3. The molecule has 2 aliphatic heterocycles. The SMILES string of the molecule is Cc1ccccc1C1(C)NC(=O)N(CC(=O)N2CCN(c3cccc(Cl)c3)CC2)C1=O. The summed E-state index contributed by atoms with van der Waals surface area (Å²) in [6.45, 7) is 5.68. The van der Waals surface area contributed by atoms with Gasteiger partial charge in [-0.25, -0.2) is 4.79 Å². The number of urea groups is 1. The van der Waals surface area contributed by atoms with Crippen LogP contribution >= 0.6 is 11.6 Å². The Morgan fingerprint density at radius 1 is 1.06 bits per heavy atom. The Morgan fingerprint density at radius 3 is 2.45 bits per heavy atom. The number of carbonyl (C=O) groups is 3. The van der Waals surface area contributed by atoms with Gasteiger partial charge in [-0.2, -0.15) is 0 Å². The van der Waals surface area contributed by atoms with Crippen LogP contribution in [0.5, 0.6) is 0 Å². The first-order valence-corrected chi connectivity index (χ1v) is 10.7. The van der Waals surface area contributed by atoms with Crippen molar-refractivity contribution in [3.63, 3.8) is 0 Å². The van der Waals surface area contributed by atoms with E-state index < -0.39 is 17.5 Å². The summed E-state index contributed by atoms with van der Waals surface area (Å²) >= 11 is 6.08. The second-order valence-corrected chi connectivity index (χ2v) is 8.55. The van der Waals surface area contributed by atoms with Gasteiger partial charge in [0.1, 0.15) is 12.1 Å². The van der Waals surface area contributed by atoms with Crippen molar-refractivity contribution >= 4 is 35.1 Å². The van der Waals surface area contributed by atoms with E-state index in [-0.39, 0.29) is 12.5 Å². The fourth-order valence-electron chi connectivity index (χ4n) is 4.28. The highest BCUT2D eigenvalue weighted by atomic mass is 35.5. The standard InChI is InChI=1S/C23H25ClN4O3/c1-16-6-3-4-9-19(16)23(2)21(30)28(22(31)25-23)15-20(29)27-12-10-26(11-13-27)18-8-5-7-17(24)14-18/h3-9,14H,10-13,15H2,1-2H3,(H,25,31). The molecule has 0 saturated carbocycles. The van der Waals surface area contributed by atoms with Gasteiger partial charge < -0.3 is 15.1 Å². The minimum absolute atomic E-state index is 0.233. The lowest BCUT2D eigenvalue weighted by Gasteiger charge is -2.36. The zero-order valence-corrected chi connectivity index (χ0v) is 18.4. The predicted molar refractivity (Wildman–Crippen MR) is 119 cm³/mol. The summed E-state index contributed by atoms with van der Waals surface area (Å²) in [5.41, 5.74) is 1.48. The summed E-state index contributed by atoms with van der Waals surface area (Å²) in [5.74, 6) is -0.638. The molecule has 162 valence electrons. The second-order valence-electron chi connectivity index (χ2n) is 8.11. The smallest absolute Gasteiger partial charge is 0.325 e. The number of anilines is 1. The fourth-order valence-corrected chi connectivity index (χ4v) is 4.46. The van der Waals surface area contributed by atoms with Crippen LogP contribution in [0.25, 0.3) is 0 Å². The van der Waals surface area contributed by atoms with Crippen LogP contribution in [-0.4, -0.2) is 60.4 Å². The van der Waals surface area contributed by atoms with Gasteiger partial charge in [0.05, 0.1) is 0 Å². The van der Waals surface area contributed by atoms with Crippen LogP contribution in [0.15, 0.2) is 48.5 Å². The fraction of sp³-hybridized carbons (Fsp3) is 0.348. The molecule has 2 aromatic carbocycles. The Hall–Kier alpha value is -3.06. The molecule has 0 aromatic heterocycles. The Kier molecular flexibility index (Phi) is 5.62. The van der Waals surface area contributed by atoms with Gasteiger partial charge in [-0.1, -0.05) is 41.9 Å². The number of hydrogen-bond acceptors (Lipinski definition) is 4. The molecule has 2 aliphatic rings. The number of benzene rings is 2. The molecule has 2 saturated heterocycles. The van der Waals surface area contributed by atoms with E-state index in [1.807, 2.05) is 55.5 Å². The molecule has 2 aromatic rings. The van der Waals surface area contributed by atoms with E-state index in [1.54, 1.807) is 11.8 Å². The van der Waals surface area contributed by atoms with Crippen molar-refractivity contribution in [1.82, 2.24) is 15.1 Å². The van der Waals surface area contributed by atoms with Crippen molar-refractivity contribution in [3.05, 3.63) is 64.7 Å². The van der Waals surface area contributed by atoms with Crippen LogP contribution in [0.2, 0.25) is 5.02 Å². The monoisotopic (exact) mass is 440 g/mol. The molecule has 7 nitrogen and oxygen atoms in total. The molecule has 0 bridgehead atoms. The molecule has 2 heterocycles. The minimum atomic E-state index is -1.17. The van der Waals surface area contributed by atoms with Gasteiger partial charge in [0.25, 0.3) is 5.91 Å². The molecule has 2 fully saturated rings. The Bertz CT molecular complexity index is 1030.